The smallest absolute Gasteiger partial charge is 0.385 e. The van der Waals surface area contributed by atoms with E-state index in [1.54, 1.807) is 4.90 Å². The highest BCUT2D eigenvalue weighted by Crippen LogP contribution is 2.36. The molecular weight excluding hydrogens is 349 g/mol. The van der Waals surface area contributed by atoms with Crippen molar-refractivity contribution in [2.45, 2.75) is 37.1 Å². The molecule has 1 aromatic rings. The quantitative estimate of drug-likeness (QED) is 0.851. The fourth-order valence-corrected chi connectivity index (χ4v) is 3.49. The average molecular weight is 372 g/mol. The van der Waals surface area contributed by atoms with Crippen LogP contribution in [0.4, 0.5) is 13.2 Å². The van der Waals surface area contributed by atoms with Gasteiger partial charge in [-0.25, -0.2) is 0 Å². The molecule has 3 rings (SSSR count). The van der Waals surface area contributed by atoms with Gasteiger partial charge in [0, 0.05) is 32.1 Å². The van der Waals surface area contributed by atoms with E-state index < -0.39 is 17.3 Å². The molecular formula is C18H23F3N2O3. The summed E-state index contributed by atoms with van der Waals surface area (Å²) in [5.74, 6) is -0.0286. The molecule has 0 radical (unpaired) electrons. The second kappa shape index (κ2) is 7.54. The van der Waals surface area contributed by atoms with Gasteiger partial charge in [-0.05, 0) is 30.5 Å². The minimum absolute atomic E-state index is 0.0134. The molecule has 2 N–H and O–H groups in total. The van der Waals surface area contributed by atoms with E-state index in [0.29, 0.717) is 39.3 Å². The highest BCUT2D eigenvalue weighted by atomic mass is 19.4. The Bertz CT molecular complexity index is 637. The van der Waals surface area contributed by atoms with E-state index in [9.17, 15) is 23.1 Å². The van der Waals surface area contributed by atoms with E-state index in [0.717, 1.165) is 12.1 Å². The molecule has 8 heteroatoms. The van der Waals surface area contributed by atoms with Gasteiger partial charge in [-0.3, -0.25) is 4.79 Å². The van der Waals surface area contributed by atoms with Crippen LogP contribution in [-0.2, 0) is 21.3 Å². The lowest BCUT2D eigenvalue weighted by molar-refractivity contribution is -0.137. The Labute approximate surface area is 150 Å². The van der Waals surface area contributed by atoms with Crippen LogP contribution in [0.2, 0.25) is 0 Å². The van der Waals surface area contributed by atoms with Gasteiger partial charge in [-0.2, -0.15) is 13.2 Å². The zero-order valence-electron chi connectivity index (χ0n) is 14.4. The summed E-state index contributed by atoms with van der Waals surface area (Å²) in [6, 6.07) is 4.80. The number of likely N-dealkylation sites (tertiary alicyclic amines) is 1. The maximum atomic E-state index is 12.9. The van der Waals surface area contributed by atoms with E-state index >= 15 is 0 Å². The van der Waals surface area contributed by atoms with Crippen molar-refractivity contribution in [3.8, 4) is 0 Å². The maximum absolute atomic E-state index is 12.9. The number of hydrogen-bond donors (Lipinski definition) is 2. The van der Waals surface area contributed by atoms with Crippen molar-refractivity contribution in [2.75, 3.05) is 32.8 Å². The standard InChI is InChI=1S/C18H23F3N2O3/c19-18(20,21)14-3-1-2-13(10-14)17(25)4-7-23(8-5-17)16(24)11-15-12-26-9-6-22-15/h1-3,10,15,22,25H,4-9,11-12H2/t15-/m1/s1. The van der Waals surface area contributed by atoms with Crippen LogP contribution in [0.25, 0.3) is 0 Å². The molecule has 144 valence electrons. The molecule has 0 saturated carbocycles. The summed E-state index contributed by atoms with van der Waals surface area (Å²) >= 11 is 0. The molecule has 0 bridgehead atoms. The van der Waals surface area contributed by atoms with Crippen LogP contribution < -0.4 is 5.32 Å². The fourth-order valence-electron chi connectivity index (χ4n) is 3.49. The lowest BCUT2D eigenvalue weighted by Crippen LogP contribution is -2.49. The fraction of sp³-hybridized carbons (Fsp3) is 0.611. The number of rotatable bonds is 3. The van der Waals surface area contributed by atoms with Crippen LogP contribution >= 0.6 is 0 Å². The minimum atomic E-state index is -4.45. The summed E-state index contributed by atoms with van der Waals surface area (Å²) in [5.41, 5.74) is -1.86. The first-order chi connectivity index (χ1) is 12.3. The highest BCUT2D eigenvalue weighted by molar-refractivity contribution is 5.77. The lowest BCUT2D eigenvalue weighted by Gasteiger charge is -2.39. The summed E-state index contributed by atoms with van der Waals surface area (Å²) in [7, 11) is 0. The van der Waals surface area contributed by atoms with Crippen LogP contribution in [0.5, 0.6) is 0 Å². The van der Waals surface area contributed by atoms with Crippen molar-refractivity contribution in [1.82, 2.24) is 10.2 Å². The van der Waals surface area contributed by atoms with Crippen LogP contribution in [0.15, 0.2) is 24.3 Å². The van der Waals surface area contributed by atoms with Gasteiger partial charge < -0.3 is 20.1 Å². The predicted molar refractivity (Wildman–Crippen MR) is 88.4 cm³/mol. The van der Waals surface area contributed by atoms with Crippen LogP contribution in [0.1, 0.15) is 30.4 Å². The van der Waals surface area contributed by atoms with E-state index in [1.807, 2.05) is 0 Å². The Morgan fingerprint density at radius 1 is 1.35 bits per heavy atom. The van der Waals surface area contributed by atoms with Gasteiger partial charge in [0.05, 0.1) is 24.4 Å². The molecule has 1 atom stereocenters. The van der Waals surface area contributed by atoms with Gasteiger partial charge in [0.25, 0.3) is 0 Å². The highest BCUT2D eigenvalue weighted by Gasteiger charge is 2.38. The number of amides is 1. The van der Waals surface area contributed by atoms with Crippen LogP contribution in [-0.4, -0.2) is 54.8 Å². The molecule has 2 saturated heterocycles. The number of halogens is 3. The van der Waals surface area contributed by atoms with Gasteiger partial charge >= 0.3 is 6.18 Å². The minimum Gasteiger partial charge on any atom is -0.385 e. The molecule has 0 aliphatic carbocycles. The van der Waals surface area contributed by atoms with Crippen molar-refractivity contribution in [3.05, 3.63) is 35.4 Å². The first-order valence-electron chi connectivity index (χ1n) is 8.77. The van der Waals surface area contributed by atoms with Crippen molar-refractivity contribution in [3.63, 3.8) is 0 Å². The van der Waals surface area contributed by atoms with Crippen LogP contribution in [0.3, 0.4) is 0 Å². The number of ether oxygens (including phenoxy) is 1. The van der Waals surface area contributed by atoms with E-state index in [-0.39, 0.29) is 30.4 Å². The summed E-state index contributed by atoms with van der Waals surface area (Å²) in [4.78, 5) is 14.1. The molecule has 5 nitrogen and oxygen atoms in total. The second-order valence-electron chi connectivity index (χ2n) is 6.92. The Balaban J connectivity index is 1.61. The molecule has 2 heterocycles. The maximum Gasteiger partial charge on any atom is 0.416 e. The molecule has 0 unspecified atom stereocenters. The first kappa shape index (κ1) is 19.1. The van der Waals surface area contributed by atoms with E-state index in [4.69, 9.17) is 4.74 Å². The monoisotopic (exact) mass is 372 g/mol. The lowest BCUT2D eigenvalue weighted by atomic mass is 9.83. The normalized spacial score (nSPS) is 23.7. The number of alkyl halides is 3. The molecule has 1 amide bonds. The third kappa shape index (κ3) is 4.36. The molecule has 26 heavy (non-hydrogen) atoms. The first-order valence-corrected chi connectivity index (χ1v) is 8.77. The second-order valence-corrected chi connectivity index (χ2v) is 6.92. The molecule has 2 aliphatic heterocycles. The average Bonchev–Trinajstić information content (AvgIpc) is 2.62. The van der Waals surface area contributed by atoms with Crippen molar-refractivity contribution in [2.24, 2.45) is 0 Å². The van der Waals surface area contributed by atoms with Crippen molar-refractivity contribution in [1.29, 1.82) is 0 Å². The van der Waals surface area contributed by atoms with Crippen LogP contribution in [0, 0.1) is 0 Å². The summed E-state index contributed by atoms with van der Waals surface area (Å²) in [5, 5.41) is 14.0. The van der Waals surface area contributed by atoms with Gasteiger partial charge in [-0.15, -0.1) is 0 Å². The Morgan fingerprint density at radius 3 is 2.69 bits per heavy atom. The molecule has 0 spiro atoms. The van der Waals surface area contributed by atoms with Crippen molar-refractivity contribution >= 4 is 5.91 Å². The number of carbonyl (C=O) groups is 1. The topological polar surface area (TPSA) is 61.8 Å². The summed E-state index contributed by atoms with van der Waals surface area (Å²) < 4.78 is 44.0. The van der Waals surface area contributed by atoms with E-state index in [1.165, 1.54) is 12.1 Å². The Hall–Kier alpha value is -1.64. The largest absolute Gasteiger partial charge is 0.416 e. The Morgan fingerprint density at radius 2 is 2.08 bits per heavy atom. The van der Waals surface area contributed by atoms with Gasteiger partial charge in [-0.1, -0.05) is 12.1 Å². The van der Waals surface area contributed by atoms with Gasteiger partial charge in [0.15, 0.2) is 0 Å². The predicted octanol–water partition coefficient (Wildman–Crippen LogP) is 1.89. The van der Waals surface area contributed by atoms with Gasteiger partial charge in [0.1, 0.15) is 0 Å². The number of nitrogens with one attached hydrogen (secondary N) is 1. The number of piperidine rings is 1. The Kier molecular flexibility index (Phi) is 5.55. The van der Waals surface area contributed by atoms with Gasteiger partial charge in [0.2, 0.25) is 5.91 Å². The molecule has 1 aromatic carbocycles. The summed E-state index contributed by atoms with van der Waals surface area (Å²) in [6.07, 6.45) is -3.69. The zero-order chi connectivity index (χ0) is 18.8. The van der Waals surface area contributed by atoms with Crippen molar-refractivity contribution < 1.29 is 27.8 Å². The van der Waals surface area contributed by atoms with E-state index in [2.05, 4.69) is 5.32 Å². The number of carbonyl (C=O) groups excluding carboxylic acids is 1. The summed E-state index contributed by atoms with van der Waals surface area (Å²) in [6.45, 7) is 2.48. The number of aliphatic hydroxyl groups is 1. The number of benzene rings is 1. The number of morpholine rings is 1. The number of hydrogen-bond acceptors (Lipinski definition) is 4. The third-order valence-corrected chi connectivity index (χ3v) is 5.09. The number of nitrogens with zero attached hydrogens (tertiary/aromatic N) is 1. The molecule has 2 fully saturated rings. The third-order valence-electron chi connectivity index (χ3n) is 5.09. The molecule has 2 aliphatic rings. The zero-order valence-corrected chi connectivity index (χ0v) is 14.4. The SMILES string of the molecule is O=C(C[C@@H]1COCCN1)N1CCC(O)(c2cccc(C(F)(F)F)c2)CC1. The molecule has 0 aromatic heterocycles.